The number of alkyl halides is 2. The molecule has 7 heteroatoms. The molecule has 0 amide bonds. The molecule has 2 aromatic rings. The first-order valence-electron chi connectivity index (χ1n) is 6.05. The Labute approximate surface area is 114 Å². The predicted octanol–water partition coefficient (Wildman–Crippen LogP) is 2.57. The number of aromatic hydroxyl groups is 1. The van der Waals surface area contributed by atoms with E-state index in [0.717, 1.165) is 0 Å². The Morgan fingerprint density at radius 2 is 2.20 bits per heavy atom. The van der Waals surface area contributed by atoms with Crippen molar-refractivity contribution in [2.45, 2.75) is 19.8 Å². The van der Waals surface area contributed by atoms with Crippen LogP contribution in [0, 0.1) is 6.92 Å². The number of aromatic nitrogens is 2. The first kappa shape index (κ1) is 14.4. The fraction of sp³-hybridized carbons (Fsp3) is 0.385. The Bertz CT molecular complexity index is 572. The van der Waals surface area contributed by atoms with Gasteiger partial charge < -0.3 is 14.4 Å². The molecule has 1 heterocycles. The lowest BCUT2D eigenvalue weighted by Crippen LogP contribution is -2.07. The molecular formula is C13H14F2N2O3. The van der Waals surface area contributed by atoms with Crippen molar-refractivity contribution in [1.82, 2.24) is 10.1 Å². The van der Waals surface area contributed by atoms with Crippen LogP contribution in [-0.2, 0) is 11.2 Å². The van der Waals surface area contributed by atoms with E-state index in [-0.39, 0.29) is 24.7 Å². The highest BCUT2D eigenvalue weighted by Gasteiger charge is 2.14. The van der Waals surface area contributed by atoms with Gasteiger partial charge in [0.05, 0.1) is 12.2 Å². The number of rotatable bonds is 6. The maximum atomic E-state index is 11.9. The molecule has 5 nitrogen and oxygen atoms in total. The van der Waals surface area contributed by atoms with Crippen LogP contribution in [0.1, 0.15) is 11.4 Å². The minimum absolute atomic E-state index is 0.0802. The highest BCUT2D eigenvalue weighted by Crippen LogP contribution is 2.30. The van der Waals surface area contributed by atoms with Crippen LogP contribution in [0.25, 0.3) is 11.5 Å². The van der Waals surface area contributed by atoms with E-state index in [9.17, 15) is 13.9 Å². The summed E-state index contributed by atoms with van der Waals surface area (Å²) in [5.74, 6) is 0.613. The molecule has 0 saturated heterocycles. The summed E-state index contributed by atoms with van der Waals surface area (Å²) in [5.41, 5.74) is 1.14. The Kier molecular flexibility index (Phi) is 4.62. The summed E-state index contributed by atoms with van der Waals surface area (Å²) >= 11 is 0. The minimum Gasteiger partial charge on any atom is -0.507 e. The number of hydrogen-bond donors (Lipinski definition) is 1. The average Bonchev–Trinajstić information content (AvgIpc) is 2.86. The molecule has 0 aliphatic carbocycles. The Hall–Kier alpha value is -2.02. The van der Waals surface area contributed by atoms with Crippen molar-refractivity contribution in [1.29, 1.82) is 0 Å². The Morgan fingerprint density at radius 1 is 1.40 bits per heavy atom. The van der Waals surface area contributed by atoms with E-state index in [4.69, 9.17) is 9.26 Å². The second-order valence-electron chi connectivity index (χ2n) is 4.20. The van der Waals surface area contributed by atoms with E-state index in [1.807, 2.05) is 0 Å². The molecule has 1 N–H and O–H groups in total. The monoisotopic (exact) mass is 284 g/mol. The lowest BCUT2D eigenvalue weighted by Gasteiger charge is -2.01. The maximum Gasteiger partial charge on any atom is 0.261 e. The van der Waals surface area contributed by atoms with Gasteiger partial charge in [0.2, 0.25) is 0 Å². The van der Waals surface area contributed by atoms with E-state index >= 15 is 0 Å². The number of hydrogen-bond acceptors (Lipinski definition) is 5. The molecule has 0 atom stereocenters. The maximum absolute atomic E-state index is 11.9. The molecule has 0 aliphatic rings. The van der Waals surface area contributed by atoms with Crippen molar-refractivity contribution in [3.05, 3.63) is 29.6 Å². The molecule has 0 spiro atoms. The highest BCUT2D eigenvalue weighted by atomic mass is 19.3. The number of phenols is 1. The molecule has 0 saturated carbocycles. The van der Waals surface area contributed by atoms with Gasteiger partial charge in [-0.05, 0) is 18.6 Å². The van der Waals surface area contributed by atoms with E-state index in [1.54, 1.807) is 25.1 Å². The molecular weight excluding hydrogens is 270 g/mol. The summed E-state index contributed by atoms with van der Waals surface area (Å²) in [6.07, 6.45) is -2.22. The van der Waals surface area contributed by atoms with Crippen molar-refractivity contribution in [3.8, 4) is 17.2 Å². The second-order valence-corrected chi connectivity index (χ2v) is 4.20. The standard InChI is InChI=1S/C13H14F2N2O3/c1-8-3-2-4-9(12(8)18)13-16-11(17-20-13)5-6-19-7-10(14)15/h2-4,10,18H,5-7H2,1H3. The van der Waals surface area contributed by atoms with Gasteiger partial charge in [-0.2, -0.15) is 4.98 Å². The van der Waals surface area contributed by atoms with Crippen LogP contribution in [0.3, 0.4) is 0 Å². The van der Waals surface area contributed by atoms with Gasteiger partial charge >= 0.3 is 0 Å². The fourth-order valence-corrected chi connectivity index (χ4v) is 1.63. The van der Waals surface area contributed by atoms with Crippen molar-refractivity contribution >= 4 is 0 Å². The number of nitrogens with zero attached hydrogens (tertiary/aromatic N) is 2. The van der Waals surface area contributed by atoms with Crippen LogP contribution >= 0.6 is 0 Å². The first-order valence-corrected chi connectivity index (χ1v) is 6.05. The van der Waals surface area contributed by atoms with E-state index in [0.29, 0.717) is 17.0 Å². The zero-order valence-corrected chi connectivity index (χ0v) is 10.8. The molecule has 20 heavy (non-hydrogen) atoms. The van der Waals surface area contributed by atoms with Crippen molar-refractivity contribution in [2.75, 3.05) is 13.2 Å². The normalized spacial score (nSPS) is 11.2. The van der Waals surface area contributed by atoms with Crippen LogP contribution in [0.5, 0.6) is 5.75 Å². The zero-order chi connectivity index (χ0) is 14.5. The Balaban J connectivity index is 2.00. The number of ether oxygens (including phenoxy) is 1. The van der Waals surface area contributed by atoms with Gasteiger partial charge in [0, 0.05) is 6.42 Å². The van der Waals surface area contributed by atoms with Crippen LogP contribution in [0.2, 0.25) is 0 Å². The molecule has 1 aromatic heterocycles. The molecule has 0 bridgehead atoms. The van der Waals surface area contributed by atoms with Crippen molar-refractivity contribution in [2.24, 2.45) is 0 Å². The third-order valence-electron chi connectivity index (χ3n) is 2.65. The molecule has 1 aromatic carbocycles. The fourth-order valence-electron chi connectivity index (χ4n) is 1.63. The lowest BCUT2D eigenvalue weighted by molar-refractivity contribution is 0.0182. The number of aryl methyl sites for hydroxylation is 1. The molecule has 0 fully saturated rings. The number of halogens is 2. The van der Waals surface area contributed by atoms with Gasteiger partial charge in [-0.3, -0.25) is 0 Å². The topological polar surface area (TPSA) is 68.4 Å². The van der Waals surface area contributed by atoms with Crippen molar-refractivity contribution in [3.63, 3.8) is 0 Å². The summed E-state index contributed by atoms with van der Waals surface area (Å²) in [7, 11) is 0. The van der Waals surface area contributed by atoms with E-state index in [1.165, 1.54) is 0 Å². The van der Waals surface area contributed by atoms with Gasteiger partial charge in [0.1, 0.15) is 12.4 Å². The number of benzene rings is 1. The average molecular weight is 284 g/mol. The quantitative estimate of drug-likeness (QED) is 0.826. The SMILES string of the molecule is Cc1cccc(-c2nc(CCOCC(F)F)no2)c1O. The van der Waals surface area contributed by atoms with Crippen LogP contribution < -0.4 is 0 Å². The van der Waals surface area contributed by atoms with Crippen LogP contribution in [0.15, 0.2) is 22.7 Å². The molecule has 0 radical (unpaired) electrons. The Morgan fingerprint density at radius 3 is 2.95 bits per heavy atom. The summed E-state index contributed by atoms with van der Waals surface area (Å²) in [6, 6.07) is 5.18. The third kappa shape index (κ3) is 3.51. The molecule has 0 unspecified atom stereocenters. The van der Waals surface area contributed by atoms with Gasteiger partial charge in [-0.25, -0.2) is 8.78 Å². The molecule has 2 rings (SSSR count). The molecule has 0 aliphatic heterocycles. The number of para-hydroxylation sites is 1. The number of phenolic OH excluding ortho intramolecular Hbond substituents is 1. The summed E-state index contributed by atoms with van der Waals surface area (Å²) in [5, 5.41) is 13.6. The summed E-state index contributed by atoms with van der Waals surface area (Å²) in [6.45, 7) is 1.24. The summed E-state index contributed by atoms with van der Waals surface area (Å²) < 4.78 is 33.5. The predicted molar refractivity (Wildman–Crippen MR) is 66.7 cm³/mol. The highest BCUT2D eigenvalue weighted by molar-refractivity contribution is 5.64. The van der Waals surface area contributed by atoms with Gasteiger partial charge in [-0.1, -0.05) is 17.3 Å². The van der Waals surface area contributed by atoms with Gasteiger partial charge in [-0.15, -0.1) is 0 Å². The molecule has 108 valence electrons. The summed E-state index contributed by atoms with van der Waals surface area (Å²) in [4.78, 5) is 4.09. The van der Waals surface area contributed by atoms with Crippen molar-refractivity contribution < 1.29 is 23.1 Å². The van der Waals surface area contributed by atoms with E-state index < -0.39 is 13.0 Å². The van der Waals surface area contributed by atoms with E-state index in [2.05, 4.69) is 10.1 Å². The first-order chi connectivity index (χ1) is 9.58. The smallest absolute Gasteiger partial charge is 0.261 e. The third-order valence-corrected chi connectivity index (χ3v) is 2.65. The van der Waals surface area contributed by atoms with Gasteiger partial charge in [0.25, 0.3) is 12.3 Å². The lowest BCUT2D eigenvalue weighted by atomic mass is 10.1. The van der Waals surface area contributed by atoms with Gasteiger partial charge in [0.15, 0.2) is 5.82 Å². The van der Waals surface area contributed by atoms with Crippen LogP contribution in [-0.4, -0.2) is 34.9 Å². The largest absolute Gasteiger partial charge is 0.507 e. The second kappa shape index (κ2) is 6.42. The minimum atomic E-state index is -2.49. The zero-order valence-electron chi connectivity index (χ0n) is 10.8. The van der Waals surface area contributed by atoms with Crippen LogP contribution in [0.4, 0.5) is 8.78 Å².